The maximum Gasteiger partial charge on any atom is 0.220 e. The third-order valence-electron chi connectivity index (χ3n) is 2.69. The molecule has 4 heteroatoms. The normalized spacial score (nSPS) is 19.7. The van der Waals surface area contributed by atoms with Crippen LogP contribution < -0.4 is 10.6 Å². The minimum Gasteiger partial charge on any atom is -0.353 e. The highest BCUT2D eigenvalue weighted by Crippen LogP contribution is 2.19. The second-order valence-corrected chi connectivity index (χ2v) is 4.54. The lowest BCUT2D eigenvalue weighted by atomic mass is 10.2. The second kappa shape index (κ2) is 4.64. The fourth-order valence-electron chi connectivity index (χ4n) is 1.46. The second-order valence-electron chi connectivity index (χ2n) is 4.54. The van der Waals surface area contributed by atoms with Crippen LogP contribution in [0.3, 0.4) is 0 Å². The Balaban J connectivity index is 1.48. The van der Waals surface area contributed by atoms with Crippen molar-refractivity contribution >= 4 is 11.8 Å². The van der Waals surface area contributed by atoms with Crippen molar-refractivity contribution in [3.63, 3.8) is 0 Å². The lowest BCUT2D eigenvalue weighted by Gasteiger charge is -2.04. The molecule has 15 heavy (non-hydrogen) atoms. The fourth-order valence-corrected chi connectivity index (χ4v) is 1.46. The molecular weight excluding hydrogens is 192 g/mol. The summed E-state index contributed by atoms with van der Waals surface area (Å²) in [5, 5.41) is 5.82. The number of nitrogens with one attached hydrogen (secondary N) is 2. The molecule has 2 saturated carbocycles. The van der Waals surface area contributed by atoms with Gasteiger partial charge in [0, 0.05) is 24.9 Å². The standard InChI is InChI=1S/C11H18N2O2/c14-10(12-8-4-5-8)2-1-3-11(15)13-9-6-7-9/h8-9H,1-7H2,(H,12,14)(H,13,15). The van der Waals surface area contributed by atoms with Gasteiger partial charge in [-0.25, -0.2) is 0 Å². The van der Waals surface area contributed by atoms with Gasteiger partial charge in [0.05, 0.1) is 0 Å². The summed E-state index contributed by atoms with van der Waals surface area (Å²) >= 11 is 0. The van der Waals surface area contributed by atoms with Crippen molar-refractivity contribution < 1.29 is 9.59 Å². The summed E-state index contributed by atoms with van der Waals surface area (Å²) in [6.45, 7) is 0. The van der Waals surface area contributed by atoms with Crippen LogP contribution >= 0.6 is 0 Å². The highest BCUT2D eigenvalue weighted by molar-refractivity contribution is 5.79. The summed E-state index contributed by atoms with van der Waals surface area (Å²) in [6, 6.07) is 0.857. The highest BCUT2D eigenvalue weighted by Gasteiger charge is 2.24. The van der Waals surface area contributed by atoms with E-state index in [4.69, 9.17) is 0 Å². The van der Waals surface area contributed by atoms with E-state index in [0.29, 0.717) is 31.3 Å². The third-order valence-corrected chi connectivity index (χ3v) is 2.69. The first-order valence-corrected chi connectivity index (χ1v) is 5.83. The molecule has 0 unspecified atom stereocenters. The Morgan fingerprint density at radius 1 is 0.867 bits per heavy atom. The van der Waals surface area contributed by atoms with E-state index in [1.54, 1.807) is 0 Å². The molecular formula is C11H18N2O2. The Morgan fingerprint density at radius 3 is 1.60 bits per heavy atom. The summed E-state index contributed by atoms with van der Waals surface area (Å²) in [5.41, 5.74) is 0. The van der Waals surface area contributed by atoms with Crippen molar-refractivity contribution in [1.82, 2.24) is 10.6 Å². The number of hydrogen-bond acceptors (Lipinski definition) is 2. The van der Waals surface area contributed by atoms with Gasteiger partial charge in [-0.05, 0) is 32.1 Å². The minimum atomic E-state index is 0.0942. The first-order chi connectivity index (χ1) is 7.24. The van der Waals surface area contributed by atoms with Gasteiger partial charge in [0.25, 0.3) is 0 Å². The van der Waals surface area contributed by atoms with E-state index >= 15 is 0 Å². The van der Waals surface area contributed by atoms with Gasteiger partial charge in [0.15, 0.2) is 0 Å². The maximum absolute atomic E-state index is 11.3. The molecule has 0 aromatic rings. The van der Waals surface area contributed by atoms with Crippen LogP contribution in [-0.2, 0) is 9.59 Å². The number of hydrogen-bond donors (Lipinski definition) is 2. The number of carbonyl (C=O) groups is 2. The van der Waals surface area contributed by atoms with E-state index in [2.05, 4.69) is 10.6 Å². The Morgan fingerprint density at radius 2 is 1.27 bits per heavy atom. The zero-order valence-corrected chi connectivity index (χ0v) is 8.92. The summed E-state index contributed by atoms with van der Waals surface area (Å²) in [6.07, 6.45) is 6.10. The highest BCUT2D eigenvalue weighted by atomic mass is 16.2. The molecule has 0 aromatic carbocycles. The molecule has 0 spiro atoms. The predicted molar refractivity (Wildman–Crippen MR) is 56.2 cm³/mol. The molecule has 0 aromatic heterocycles. The molecule has 0 heterocycles. The Labute approximate surface area is 89.8 Å². The predicted octanol–water partition coefficient (Wildman–Crippen LogP) is 0.714. The average molecular weight is 210 g/mol. The molecule has 0 atom stereocenters. The van der Waals surface area contributed by atoms with Gasteiger partial charge >= 0.3 is 0 Å². The van der Waals surface area contributed by atoms with Crippen LogP contribution in [0.2, 0.25) is 0 Å². The van der Waals surface area contributed by atoms with Crippen LogP contribution in [0.1, 0.15) is 44.9 Å². The van der Waals surface area contributed by atoms with Crippen molar-refractivity contribution in [2.75, 3.05) is 0 Å². The summed E-state index contributed by atoms with van der Waals surface area (Å²) in [7, 11) is 0. The van der Waals surface area contributed by atoms with E-state index in [0.717, 1.165) is 25.7 Å². The number of carbonyl (C=O) groups excluding carboxylic acids is 2. The van der Waals surface area contributed by atoms with E-state index < -0.39 is 0 Å². The van der Waals surface area contributed by atoms with Crippen molar-refractivity contribution in [1.29, 1.82) is 0 Å². The number of rotatable bonds is 6. The van der Waals surface area contributed by atoms with Crippen LogP contribution in [-0.4, -0.2) is 23.9 Å². The third kappa shape index (κ3) is 4.32. The van der Waals surface area contributed by atoms with Crippen LogP contribution in [0.25, 0.3) is 0 Å². The average Bonchev–Trinajstić information content (AvgIpc) is 2.99. The monoisotopic (exact) mass is 210 g/mol. The van der Waals surface area contributed by atoms with Gasteiger partial charge < -0.3 is 10.6 Å². The topological polar surface area (TPSA) is 58.2 Å². The fraction of sp³-hybridized carbons (Fsp3) is 0.818. The van der Waals surface area contributed by atoms with Gasteiger partial charge in [0.1, 0.15) is 0 Å². The first-order valence-electron chi connectivity index (χ1n) is 5.83. The zero-order chi connectivity index (χ0) is 10.7. The lowest BCUT2D eigenvalue weighted by Crippen LogP contribution is -2.27. The Bertz CT molecular complexity index is 231. The largest absolute Gasteiger partial charge is 0.353 e. The molecule has 0 saturated heterocycles. The van der Waals surface area contributed by atoms with E-state index in [-0.39, 0.29) is 11.8 Å². The van der Waals surface area contributed by atoms with Gasteiger partial charge in [-0.2, -0.15) is 0 Å². The molecule has 0 bridgehead atoms. The molecule has 2 aliphatic carbocycles. The van der Waals surface area contributed by atoms with Crippen LogP contribution in [0, 0.1) is 0 Å². The molecule has 0 aliphatic heterocycles. The van der Waals surface area contributed by atoms with Crippen LogP contribution in [0.15, 0.2) is 0 Å². The van der Waals surface area contributed by atoms with Crippen molar-refractivity contribution in [3.05, 3.63) is 0 Å². The summed E-state index contributed by atoms with van der Waals surface area (Å²) < 4.78 is 0. The van der Waals surface area contributed by atoms with E-state index in [1.807, 2.05) is 0 Å². The van der Waals surface area contributed by atoms with Gasteiger partial charge in [-0.1, -0.05) is 0 Å². The van der Waals surface area contributed by atoms with Gasteiger partial charge in [-0.15, -0.1) is 0 Å². The molecule has 0 radical (unpaired) electrons. The quantitative estimate of drug-likeness (QED) is 0.678. The minimum absolute atomic E-state index is 0.0942. The van der Waals surface area contributed by atoms with Crippen LogP contribution in [0.4, 0.5) is 0 Å². The molecule has 84 valence electrons. The van der Waals surface area contributed by atoms with Gasteiger partial charge in [0.2, 0.25) is 11.8 Å². The summed E-state index contributed by atoms with van der Waals surface area (Å²) in [4.78, 5) is 22.5. The van der Waals surface area contributed by atoms with Crippen molar-refractivity contribution in [2.24, 2.45) is 0 Å². The van der Waals surface area contributed by atoms with Crippen LogP contribution in [0.5, 0.6) is 0 Å². The van der Waals surface area contributed by atoms with Gasteiger partial charge in [-0.3, -0.25) is 9.59 Å². The van der Waals surface area contributed by atoms with E-state index in [9.17, 15) is 9.59 Å². The Hall–Kier alpha value is -1.06. The SMILES string of the molecule is O=C(CCCC(=O)NC1CC1)NC1CC1. The zero-order valence-electron chi connectivity index (χ0n) is 8.92. The molecule has 2 aliphatic rings. The molecule has 2 fully saturated rings. The molecule has 2 N–H and O–H groups in total. The Kier molecular flexibility index (Phi) is 3.23. The molecule has 2 amide bonds. The summed E-state index contributed by atoms with van der Waals surface area (Å²) in [5.74, 6) is 0.188. The van der Waals surface area contributed by atoms with Crippen molar-refractivity contribution in [2.45, 2.75) is 57.0 Å². The van der Waals surface area contributed by atoms with Crippen molar-refractivity contribution in [3.8, 4) is 0 Å². The maximum atomic E-state index is 11.3. The lowest BCUT2D eigenvalue weighted by molar-refractivity contribution is -0.122. The first kappa shape index (κ1) is 10.5. The molecule has 4 nitrogen and oxygen atoms in total. The van der Waals surface area contributed by atoms with E-state index in [1.165, 1.54) is 0 Å². The smallest absolute Gasteiger partial charge is 0.220 e. The number of amides is 2. The molecule has 2 rings (SSSR count).